The van der Waals surface area contributed by atoms with Crippen LogP contribution in [0.1, 0.15) is 27.9 Å². The minimum atomic E-state index is -1.81. The molecule has 30 heavy (non-hydrogen) atoms. The van der Waals surface area contributed by atoms with Crippen molar-refractivity contribution in [2.24, 2.45) is 0 Å². The Morgan fingerprint density at radius 3 is 2.53 bits per heavy atom. The summed E-state index contributed by atoms with van der Waals surface area (Å²) in [5.74, 6) is -0.367. The molecule has 4 aromatic rings. The fourth-order valence-corrected chi connectivity index (χ4v) is 4.64. The van der Waals surface area contributed by atoms with Gasteiger partial charge in [0.05, 0.1) is 12.2 Å². The molecular formula is C25H21ClN2O2. The van der Waals surface area contributed by atoms with Gasteiger partial charge in [0.15, 0.2) is 5.60 Å². The van der Waals surface area contributed by atoms with E-state index in [1.807, 2.05) is 68.4 Å². The van der Waals surface area contributed by atoms with Crippen molar-refractivity contribution in [3.05, 3.63) is 99.7 Å². The third-order valence-corrected chi connectivity index (χ3v) is 6.15. The number of aromatic amines is 1. The van der Waals surface area contributed by atoms with Crippen LogP contribution in [0.2, 0.25) is 5.02 Å². The number of benzene rings is 3. The van der Waals surface area contributed by atoms with Crippen LogP contribution in [0.15, 0.2) is 66.7 Å². The summed E-state index contributed by atoms with van der Waals surface area (Å²) >= 11 is 6.29. The highest BCUT2D eigenvalue weighted by Gasteiger charge is 2.53. The third kappa shape index (κ3) is 2.68. The number of aliphatic hydroxyl groups is 1. The van der Waals surface area contributed by atoms with Crippen LogP contribution in [0.4, 0.5) is 5.69 Å². The molecule has 1 amide bonds. The summed E-state index contributed by atoms with van der Waals surface area (Å²) in [6, 6.07) is 21.0. The van der Waals surface area contributed by atoms with Gasteiger partial charge in [-0.2, -0.15) is 0 Å². The second kappa shape index (κ2) is 6.73. The molecule has 0 radical (unpaired) electrons. The standard InChI is InChI=1S/C25H21ClN2O2/c1-15-7-9-17(10-8-15)14-28-22-12-11-18(26)13-20(22)25(30,24(28)29)23-16(2)27-21-6-4-3-5-19(21)23/h3-13,27,30H,14H2,1-2H3/t25-/m0/s1. The first kappa shape index (κ1) is 18.9. The number of aryl methyl sites for hydroxylation is 2. The molecule has 0 saturated carbocycles. The Bertz CT molecular complexity index is 1290. The van der Waals surface area contributed by atoms with Crippen molar-refractivity contribution in [3.63, 3.8) is 0 Å². The van der Waals surface area contributed by atoms with E-state index in [0.29, 0.717) is 28.4 Å². The van der Waals surface area contributed by atoms with Crippen LogP contribution in [0.25, 0.3) is 10.9 Å². The maximum atomic E-state index is 13.8. The molecule has 0 fully saturated rings. The molecule has 0 spiro atoms. The summed E-state index contributed by atoms with van der Waals surface area (Å²) in [6.07, 6.45) is 0. The minimum Gasteiger partial charge on any atom is -0.372 e. The van der Waals surface area contributed by atoms with Crippen molar-refractivity contribution in [2.45, 2.75) is 26.0 Å². The van der Waals surface area contributed by atoms with E-state index in [9.17, 15) is 9.90 Å². The number of hydrogen-bond acceptors (Lipinski definition) is 2. The van der Waals surface area contributed by atoms with Gasteiger partial charge >= 0.3 is 0 Å². The van der Waals surface area contributed by atoms with Gasteiger partial charge < -0.3 is 15.0 Å². The molecule has 1 aromatic heterocycles. The molecule has 5 heteroatoms. The normalized spacial score (nSPS) is 18.3. The fraction of sp³-hybridized carbons (Fsp3) is 0.160. The Balaban J connectivity index is 1.71. The van der Waals surface area contributed by atoms with Gasteiger partial charge in [-0.25, -0.2) is 0 Å². The molecule has 0 bridgehead atoms. The number of nitrogens with zero attached hydrogens (tertiary/aromatic N) is 1. The summed E-state index contributed by atoms with van der Waals surface area (Å²) in [5.41, 5.74) is 3.76. The number of H-pyrrole nitrogens is 1. The summed E-state index contributed by atoms with van der Waals surface area (Å²) in [7, 11) is 0. The number of hydrogen-bond donors (Lipinski definition) is 2. The van der Waals surface area contributed by atoms with E-state index >= 15 is 0 Å². The quantitative estimate of drug-likeness (QED) is 0.481. The lowest BCUT2D eigenvalue weighted by Gasteiger charge is -2.24. The molecular weight excluding hydrogens is 396 g/mol. The summed E-state index contributed by atoms with van der Waals surface area (Å²) in [4.78, 5) is 18.7. The molecule has 2 N–H and O–H groups in total. The van der Waals surface area contributed by atoms with Gasteiger partial charge in [-0.15, -0.1) is 0 Å². The predicted octanol–water partition coefficient (Wildman–Crippen LogP) is 5.22. The molecule has 4 nitrogen and oxygen atoms in total. The molecule has 2 heterocycles. The smallest absolute Gasteiger partial charge is 0.268 e. The molecule has 1 atom stereocenters. The number of fused-ring (bicyclic) bond motifs is 2. The van der Waals surface area contributed by atoms with Crippen molar-refractivity contribution in [1.29, 1.82) is 0 Å². The molecule has 1 aliphatic rings. The number of carbonyl (C=O) groups excluding carboxylic acids is 1. The second-order valence-electron chi connectivity index (χ2n) is 7.92. The number of carbonyl (C=O) groups is 1. The minimum absolute atomic E-state index is 0.367. The number of rotatable bonds is 3. The van der Waals surface area contributed by atoms with Crippen molar-refractivity contribution >= 4 is 34.1 Å². The summed E-state index contributed by atoms with van der Waals surface area (Å²) in [5, 5.41) is 13.3. The molecule has 5 rings (SSSR count). The van der Waals surface area contributed by atoms with E-state index in [4.69, 9.17) is 11.6 Å². The van der Waals surface area contributed by atoms with E-state index < -0.39 is 5.60 Å². The van der Waals surface area contributed by atoms with Crippen LogP contribution >= 0.6 is 11.6 Å². The van der Waals surface area contributed by atoms with E-state index in [2.05, 4.69) is 4.98 Å². The van der Waals surface area contributed by atoms with Crippen molar-refractivity contribution in [1.82, 2.24) is 4.98 Å². The molecule has 0 aliphatic carbocycles. The summed E-state index contributed by atoms with van der Waals surface area (Å²) in [6.45, 7) is 4.28. The van der Waals surface area contributed by atoms with Gasteiger partial charge in [-0.05, 0) is 43.7 Å². The van der Waals surface area contributed by atoms with Gasteiger partial charge in [-0.1, -0.05) is 59.6 Å². The van der Waals surface area contributed by atoms with Gasteiger partial charge in [0.1, 0.15) is 0 Å². The Labute approximate surface area is 179 Å². The highest BCUT2D eigenvalue weighted by Crippen LogP contribution is 2.48. The Morgan fingerprint density at radius 2 is 1.77 bits per heavy atom. The van der Waals surface area contributed by atoms with Gasteiger partial charge in [0, 0.05) is 32.7 Å². The van der Waals surface area contributed by atoms with Crippen LogP contribution in [0, 0.1) is 13.8 Å². The van der Waals surface area contributed by atoms with Gasteiger partial charge in [-0.3, -0.25) is 4.79 Å². The van der Waals surface area contributed by atoms with Crippen LogP contribution < -0.4 is 4.90 Å². The molecule has 0 unspecified atom stereocenters. The maximum absolute atomic E-state index is 13.8. The van der Waals surface area contributed by atoms with Crippen LogP contribution in [-0.4, -0.2) is 16.0 Å². The molecule has 0 saturated heterocycles. The highest BCUT2D eigenvalue weighted by atomic mass is 35.5. The van der Waals surface area contributed by atoms with E-state index in [0.717, 1.165) is 27.7 Å². The van der Waals surface area contributed by atoms with E-state index in [1.165, 1.54) is 0 Å². The Morgan fingerprint density at radius 1 is 1.03 bits per heavy atom. The number of nitrogens with one attached hydrogen (secondary N) is 1. The average molecular weight is 417 g/mol. The lowest BCUT2D eigenvalue weighted by molar-refractivity contribution is -0.132. The highest BCUT2D eigenvalue weighted by molar-refractivity contribution is 6.31. The Kier molecular flexibility index (Phi) is 4.24. The second-order valence-corrected chi connectivity index (χ2v) is 8.36. The average Bonchev–Trinajstić information content (AvgIpc) is 3.17. The predicted molar refractivity (Wildman–Crippen MR) is 120 cm³/mol. The SMILES string of the molecule is Cc1ccc(CN2C(=O)[C@@](O)(c3c(C)[nH]c4ccccc34)c3cc(Cl)ccc32)cc1. The maximum Gasteiger partial charge on any atom is 0.268 e. The van der Waals surface area contributed by atoms with Crippen LogP contribution in [0.5, 0.6) is 0 Å². The first-order valence-electron chi connectivity index (χ1n) is 9.87. The first-order chi connectivity index (χ1) is 14.4. The first-order valence-corrected chi connectivity index (χ1v) is 10.2. The number of amides is 1. The van der Waals surface area contributed by atoms with E-state index in [1.54, 1.807) is 17.0 Å². The van der Waals surface area contributed by atoms with Crippen LogP contribution in [-0.2, 0) is 16.9 Å². The monoisotopic (exact) mass is 416 g/mol. The molecule has 150 valence electrons. The van der Waals surface area contributed by atoms with Crippen molar-refractivity contribution in [3.8, 4) is 0 Å². The number of anilines is 1. The lowest BCUT2D eigenvalue weighted by Crippen LogP contribution is -2.41. The number of halogens is 1. The van der Waals surface area contributed by atoms with Gasteiger partial charge in [0.25, 0.3) is 5.91 Å². The van der Waals surface area contributed by atoms with E-state index in [-0.39, 0.29) is 5.91 Å². The zero-order valence-corrected chi connectivity index (χ0v) is 17.5. The van der Waals surface area contributed by atoms with Crippen molar-refractivity contribution < 1.29 is 9.90 Å². The number of aromatic nitrogens is 1. The number of para-hydroxylation sites is 1. The topological polar surface area (TPSA) is 56.3 Å². The fourth-order valence-electron chi connectivity index (χ4n) is 4.47. The zero-order valence-electron chi connectivity index (χ0n) is 16.7. The molecule has 3 aromatic carbocycles. The van der Waals surface area contributed by atoms with Crippen LogP contribution in [0.3, 0.4) is 0 Å². The lowest BCUT2D eigenvalue weighted by atomic mass is 9.85. The van der Waals surface area contributed by atoms with Crippen molar-refractivity contribution in [2.75, 3.05) is 4.90 Å². The van der Waals surface area contributed by atoms with Gasteiger partial charge in [0.2, 0.25) is 0 Å². The Hall–Kier alpha value is -3.08. The third-order valence-electron chi connectivity index (χ3n) is 5.91. The molecule has 1 aliphatic heterocycles. The summed E-state index contributed by atoms with van der Waals surface area (Å²) < 4.78 is 0. The zero-order chi connectivity index (χ0) is 21.0. The largest absolute Gasteiger partial charge is 0.372 e.